The SMILES string of the molecule is CCCCC[C@@H](/C=C/C=C\C=C\C=C\[C@@H](O)[C@@H](O)CCCC(=O)O)OO. The van der Waals surface area contributed by atoms with Crippen LogP contribution in [0.3, 0.4) is 0 Å². The van der Waals surface area contributed by atoms with E-state index in [1.54, 1.807) is 42.5 Å². The normalized spacial score (nSPS) is 16.2. The standard InChI is InChI=1S/C20H32O6/c1-2-3-8-12-17(26-25)13-9-6-4-5-7-10-14-18(21)19(22)15-11-16-20(23)24/h4-7,9-10,13-14,17-19,21-22,25H,2-3,8,11-12,15-16H2,1H3,(H,23,24)/b6-4-,7-5+,13-9+,14-10+/t17-,18+,19-/m0/s1. The van der Waals surface area contributed by atoms with Crippen molar-refractivity contribution in [1.82, 2.24) is 0 Å². The van der Waals surface area contributed by atoms with Crippen molar-refractivity contribution in [1.29, 1.82) is 0 Å². The average molecular weight is 368 g/mol. The minimum Gasteiger partial charge on any atom is -0.481 e. The van der Waals surface area contributed by atoms with Crippen LogP contribution in [0.25, 0.3) is 0 Å². The predicted octanol–water partition coefficient (Wildman–Crippen LogP) is 3.63. The molecule has 0 unspecified atom stereocenters. The maximum atomic E-state index is 10.4. The monoisotopic (exact) mass is 368 g/mol. The van der Waals surface area contributed by atoms with Gasteiger partial charge >= 0.3 is 5.97 Å². The van der Waals surface area contributed by atoms with Crippen molar-refractivity contribution in [2.75, 3.05) is 0 Å². The lowest BCUT2D eigenvalue weighted by Gasteiger charge is -2.13. The molecule has 0 fully saturated rings. The minimum atomic E-state index is -1.03. The van der Waals surface area contributed by atoms with Crippen molar-refractivity contribution in [3.63, 3.8) is 0 Å². The van der Waals surface area contributed by atoms with E-state index in [0.29, 0.717) is 6.42 Å². The largest absolute Gasteiger partial charge is 0.481 e. The number of carbonyl (C=O) groups is 1. The summed E-state index contributed by atoms with van der Waals surface area (Å²) in [5.74, 6) is -0.913. The molecule has 0 rings (SSSR count). The Balaban J connectivity index is 4.07. The van der Waals surface area contributed by atoms with E-state index in [0.717, 1.165) is 25.7 Å². The summed E-state index contributed by atoms with van der Waals surface area (Å²) in [7, 11) is 0. The van der Waals surface area contributed by atoms with E-state index in [9.17, 15) is 15.0 Å². The second-order valence-corrected chi connectivity index (χ2v) is 6.02. The van der Waals surface area contributed by atoms with Gasteiger partial charge in [-0.15, -0.1) is 0 Å². The minimum absolute atomic E-state index is 0.0213. The van der Waals surface area contributed by atoms with E-state index in [4.69, 9.17) is 10.4 Å². The number of aliphatic carboxylic acids is 1. The molecule has 26 heavy (non-hydrogen) atoms. The van der Waals surface area contributed by atoms with E-state index < -0.39 is 18.2 Å². The summed E-state index contributed by atoms with van der Waals surface area (Å²) in [6.07, 6.45) is 16.0. The highest BCUT2D eigenvalue weighted by Crippen LogP contribution is 2.08. The Morgan fingerprint density at radius 2 is 1.54 bits per heavy atom. The molecule has 0 aliphatic rings. The van der Waals surface area contributed by atoms with E-state index in [-0.39, 0.29) is 18.9 Å². The number of rotatable bonds is 15. The fourth-order valence-corrected chi connectivity index (χ4v) is 2.16. The Bertz CT molecular complexity index is 467. The molecule has 0 aromatic carbocycles. The smallest absolute Gasteiger partial charge is 0.303 e. The molecule has 6 nitrogen and oxygen atoms in total. The molecule has 3 atom stereocenters. The second kappa shape index (κ2) is 16.7. The molecule has 148 valence electrons. The molecule has 0 radical (unpaired) electrons. The molecule has 0 spiro atoms. The van der Waals surface area contributed by atoms with Crippen LogP contribution in [0.5, 0.6) is 0 Å². The maximum absolute atomic E-state index is 10.4. The Hall–Kier alpha value is -1.73. The Morgan fingerprint density at radius 3 is 2.12 bits per heavy atom. The number of hydrogen-bond donors (Lipinski definition) is 4. The van der Waals surface area contributed by atoms with Gasteiger partial charge in [-0.2, -0.15) is 0 Å². The number of carboxylic acid groups (broad SMARTS) is 1. The molecule has 0 aromatic rings. The topological polar surface area (TPSA) is 107 Å². The number of hydrogen-bond acceptors (Lipinski definition) is 5. The first kappa shape index (κ1) is 24.3. The van der Waals surface area contributed by atoms with Gasteiger partial charge in [-0.1, -0.05) is 74.8 Å². The summed E-state index contributed by atoms with van der Waals surface area (Å²) in [5, 5.41) is 36.7. The van der Waals surface area contributed by atoms with Crippen LogP contribution < -0.4 is 0 Å². The average Bonchev–Trinajstić information content (AvgIpc) is 2.61. The van der Waals surface area contributed by atoms with Gasteiger partial charge in [-0.25, -0.2) is 4.89 Å². The number of carboxylic acids is 1. The lowest BCUT2D eigenvalue weighted by molar-refractivity contribution is -0.267. The van der Waals surface area contributed by atoms with E-state index in [1.807, 2.05) is 0 Å². The first-order valence-electron chi connectivity index (χ1n) is 9.07. The van der Waals surface area contributed by atoms with Crippen molar-refractivity contribution >= 4 is 5.97 Å². The van der Waals surface area contributed by atoms with Gasteiger partial charge in [0, 0.05) is 6.42 Å². The van der Waals surface area contributed by atoms with Crippen molar-refractivity contribution in [2.45, 2.75) is 70.2 Å². The van der Waals surface area contributed by atoms with Crippen LogP contribution in [0.1, 0.15) is 51.9 Å². The van der Waals surface area contributed by atoms with Gasteiger partial charge < -0.3 is 15.3 Å². The maximum Gasteiger partial charge on any atom is 0.303 e. The molecule has 0 aliphatic heterocycles. The van der Waals surface area contributed by atoms with Gasteiger partial charge in [0.15, 0.2) is 0 Å². The number of allylic oxidation sites excluding steroid dienone is 6. The number of unbranched alkanes of at least 4 members (excludes halogenated alkanes) is 2. The van der Waals surface area contributed by atoms with Crippen LogP contribution >= 0.6 is 0 Å². The number of aliphatic hydroxyl groups excluding tert-OH is 2. The molecular weight excluding hydrogens is 336 g/mol. The van der Waals surface area contributed by atoms with Gasteiger partial charge in [-0.05, 0) is 19.3 Å². The van der Waals surface area contributed by atoms with Gasteiger partial charge in [0.2, 0.25) is 0 Å². The van der Waals surface area contributed by atoms with Crippen LogP contribution in [0.2, 0.25) is 0 Å². The van der Waals surface area contributed by atoms with E-state index in [1.165, 1.54) is 6.08 Å². The first-order valence-corrected chi connectivity index (χ1v) is 9.07. The van der Waals surface area contributed by atoms with Crippen LogP contribution in [-0.2, 0) is 9.68 Å². The van der Waals surface area contributed by atoms with Crippen molar-refractivity contribution in [2.24, 2.45) is 0 Å². The zero-order chi connectivity index (χ0) is 19.6. The van der Waals surface area contributed by atoms with Gasteiger partial charge in [0.25, 0.3) is 0 Å². The summed E-state index contributed by atoms with van der Waals surface area (Å²) in [6.45, 7) is 2.12. The number of aliphatic hydroxyl groups is 2. The van der Waals surface area contributed by atoms with Crippen LogP contribution in [0, 0.1) is 0 Å². The summed E-state index contributed by atoms with van der Waals surface area (Å²) in [5.41, 5.74) is 0. The summed E-state index contributed by atoms with van der Waals surface area (Å²) < 4.78 is 0. The van der Waals surface area contributed by atoms with Crippen molar-refractivity contribution in [3.05, 3.63) is 48.6 Å². The highest BCUT2D eigenvalue weighted by Gasteiger charge is 2.12. The first-order chi connectivity index (χ1) is 12.5. The Kier molecular flexibility index (Phi) is 15.6. The zero-order valence-electron chi connectivity index (χ0n) is 15.4. The molecule has 0 saturated heterocycles. The van der Waals surface area contributed by atoms with Gasteiger partial charge in [-0.3, -0.25) is 10.1 Å². The Morgan fingerprint density at radius 1 is 0.923 bits per heavy atom. The summed E-state index contributed by atoms with van der Waals surface area (Å²) in [4.78, 5) is 14.8. The molecular formula is C20H32O6. The lowest BCUT2D eigenvalue weighted by Crippen LogP contribution is -2.23. The third-order valence-corrected chi connectivity index (χ3v) is 3.70. The van der Waals surface area contributed by atoms with Crippen molar-refractivity contribution in [3.8, 4) is 0 Å². The van der Waals surface area contributed by atoms with Crippen LogP contribution in [-0.4, -0.2) is 44.9 Å². The molecule has 0 amide bonds. The molecule has 0 aromatic heterocycles. The summed E-state index contributed by atoms with van der Waals surface area (Å²) >= 11 is 0. The van der Waals surface area contributed by atoms with Gasteiger partial charge in [0.1, 0.15) is 6.10 Å². The van der Waals surface area contributed by atoms with E-state index in [2.05, 4.69) is 11.8 Å². The zero-order valence-corrected chi connectivity index (χ0v) is 15.4. The molecule has 0 saturated carbocycles. The quantitative estimate of drug-likeness (QED) is 0.152. The van der Waals surface area contributed by atoms with Gasteiger partial charge in [0.05, 0.1) is 12.2 Å². The predicted molar refractivity (Wildman–Crippen MR) is 102 cm³/mol. The second-order valence-electron chi connectivity index (χ2n) is 6.02. The summed E-state index contributed by atoms with van der Waals surface area (Å²) in [6, 6.07) is 0. The van der Waals surface area contributed by atoms with E-state index >= 15 is 0 Å². The van der Waals surface area contributed by atoms with Crippen molar-refractivity contribution < 1.29 is 30.3 Å². The fraction of sp³-hybridized carbons (Fsp3) is 0.550. The fourth-order valence-electron chi connectivity index (χ4n) is 2.16. The molecule has 0 aliphatic carbocycles. The lowest BCUT2D eigenvalue weighted by atomic mass is 10.1. The Labute approximate surface area is 155 Å². The third-order valence-electron chi connectivity index (χ3n) is 3.70. The highest BCUT2D eigenvalue weighted by atomic mass is 17.1. The highest BCUT2D eigenvalue weighted by molar-refractivity contribution is 5.66. The molecule has 0 heterocycles. The van der Waals surface area contributed by atoms with Crippen LogP contribution in [0.15, 0.2) is 48.6 Å². The molecule has 0 bridgehead atoms. The third kappa shape index (κ3) is 14.6. The van der Waals surface area contributed by atoms with Crippen LogP contribution in [0.4, 0.5) is 0 Å². The molecule has 6 heteroatoms. The molecule has 4 N–H and O–H groups in total.